The molecule has 2 aliphatic rings. The van der Waals surface area contributed by atoms with Crippen LogP contribution in [-0.4, -0.2) is 6.71 Å². The Morgan fingerprint density at radius 3 is 1.03 bits per heavy atom. The Balaban J connectivity index is 1.12. The number of ether oxygens (including phenoxy) is 2. The average Bonchev–Trinajstić information content (AvgIpc) is 3.30. The molecule has 3 nitrogen and oxygen atoms in total. The predicted molar refractivity (Wildman–Crippen MR) is 241 cm³/mol. The molecule has 0 aliphatic carbocycles. The van der Waals surface area contributed by atoms with E-state index in [1.807, 2.05) is 0 Å². The van der Waals surface area contributed by atoms with Crippen molar-refractivity contribution in [2.45, 2.75) is 0 Å². The molecule has 0 aromatic heterocycles. The van der Waals surface area contributed by atoms with Gasteiger partial charge in [-0.2, -0.15) is 0 Å². The predicted octanol–water partition coefficient (Wildman–Crippen LogP) is 12.6. The Morgan fingerprint density at radius 2 is 0.638 bits per heavy atom. The van der Waals surface area contributed by atoms with E-state index < -0.39 is 0 Å². The first-order valence-electron chi connectivity index (χ1n) is 19.8. The molecule has 9 aromatic carbocycles. The molecule has 4 heteroatoms. The molecule has 0 saturated heterocycles. The van der Waals surface area contributed by atoms with Gasteiger partial charge in [-0.05, 0) is 91.8 Å². The van der Waals surface area contributed by atoms with E-state index in [2.05, 4.69) is 223 Å². The third-order valence-corrected chi connectivity index (χ3v) is 11.4. The van der Waals surface area contributed by atoms with Crippen molar-refractivity contribution in [1.82, 2.24) is 0 Å². The number of rotatable bonds is 7. The van der Waals surface area contributed by atoms with Gasteiger partial charge in [-0.25, -0.2) is 0 Å². The maximum Gasteiger partial charge on any atom is 0.260 e. The quantitative estimate of drug-likeness (QED) is 0.152. The van der Waals surface area contributed by atoms with Gasteiger partial charge in [-0.15, -0.1) is 0 Å². The molecular formula is C54H36BNO2. The Bertz CT molecular complexity index is 2750. The number of anilines is 3. The summed E-state index contributed by atoms with van der Waals surface area (Å²) in [6, 6.07) is 77.3. The first-order chi connectivity index (χ1) is 28.7. The topological polar surface area (TPSA) is 21.7 Å². The number of fused-ring (bicyclic) bond motifs is 4. The van der Waals surface area contributed by atoms with Gasteiger partial charge in [0, 0.05) is 29.0 Å². The number of hydrogen-bond donors (Lipinski definition) is 0. The lowest BCUT2D eigenvalue weighted by atomic mass is 9.34. The SMILES string of the molecule is c1ccc(-c2cccc(N(c3cccc(-c4ccccc4)c3)c3cc4c5c(c3)Oc3cc(-c6ccccc6)ccc3B5c3ccc(-c5ccccc5)cc3O4)c2)cc1. The minimum Gasteiger partial charge on any atom is -0.458 e. The zero-order chi connectivity index (χ0) is 38.4. The molecule has 272 valence electrons. The summed E-state index contributed by atoms with van der Waals surface area (Å²) in [5.74, 6) is 3.28. The summed E-state index contributed by atoms with van der Waals surface area (Å²) in [6.45, 7) is -0.0718. The summed E-state index contributed by atoms with van der Waals surface area (Å²) >= 11 is 0. The summed E-state index contributed by atoms with van der Waals surface area (Å²) in [6.07, 6.45) is 0. The number of nitrogens with zero attached hydrogens (tertiary/aromatic N) is 1. The van der Waals surface area contributed by atoms with Gasteiger partial charge in [0.15, 0.2) is 0 Å². The molecule has 0 atom stereocenters. The van der Waals surface area contributed by atoms with Crippen LogP contribution in [0.25, 0.3) is 44.5 Å². The largest absolute Gasteiger partial charge is 0.458 e. The lowest BCUT2D eigenvalue weighted by Crippen LogP contribution is -2.57. The van der Waals surface area contributed by atoms with Crippen molar-refractivity contribution in [3.63, 3.8) is 0 Å². The highest BCUT2D eigenvalue weighted by atomic mass is 16.5. The first-order valence-corrected chi connectivity index (χ1v) is 19.8. The Morgan fingerprint density at radius 1 is 0.276 bits per heavy atom. The normalized spacial score (nSPS) is 12.0. The molecule has 0 saturated carbocycles. The Hall–Kier alpha value is -7.56. The minimum absolute atomic E-state index is 0.0718. The second-order valence-corrected chi connectivity index (χ2v) is 14.9. The third kappa shape index (κ3) is 6.03. The molecule has 0 amide bonds. The van der Waals surface area contributed by atoms with Crippen molar-refractivity contribution >= 4 is 40.2 Å². The van der Waals surface area contributed by atoms with Gasteiger partial charge >= 0.3 is 0 Å². The molecule has 9 aromatic rings. The summed E-state index contributed by atoms with van der Waals surface area (Å²) in [5.41, 5.74) is 15.4. The third-order valence-electron chi connectivity index (χ3n) is 11.4. The average molecular weight is 742 g/mol. The highest BCUT2D eigenvalue weighted by Crippen LogP contribution is 2.44. The maximum absolute atomic E-state index is 7.04. The fourth-order valence-corrected chi connectivity index (χ4v) is 8.59. The van der Waals surface area contributed by atoms with Gasteiger partial charge in [-0.1, -0.05) is 170 Å². The summed E-state index contributed by atoms with van der Waals surface area (Å²) in [7, 11) is 0. The molecule has 0 bridgehead atoms. The van der Waals surface area contributed by atoms with Crippen molar-refractivity contribution in [3.8, 4) is 67.5 Å². The maximum atomic E-state index is 7.04. The van der Waals surface area contributed by atoms with Gasteiger partial charge < -0.3 is 14.4 Å². The van der Waals surface area contributed by atoms with Crippen LogP contribution in [0.15, 0.2) is 218 Å². The van der Waals surface area contributed by atoms with Crippen molar-refractivity contribution in [2.75, 3.05) is 4.90 Å². The Kier molecular flexibility index (Phi) is 8.26. The van der Waals surface area contributed by atoms with Crippen LogP contribution < -0.4 is 30.8 Å². The summed E-state index contributed by atoms with van der Waals surface area (Å²) < 4.78 is 14.1. The lowest BCUT2D eigenvalue weighted by Gasteiger charge is -2.35. The fourth-order valence-electron chi connectivity index (χ4n) is 8.59. The second kappa shape index (κ2) is 14.2. The van der Waals surface area contributed by atoms with E-state index in [1.54, 1.807) is 0 Å². The van der Waals surface area contributed by atoms with E-state index >= 15 is 0 Å². The number of benzene rings is 9. The monoisotopic (exact) mass is 741 g/mol. The molecular weight excluding hydrogens is 705 g/mol. The molecule has 0 fully saturated rings. The van der Waals surface area contributed by atoms with Gasteiger partial charge in [0.1, 0.15) is 23.0 Å². The van der Waals surface area contributed by atoms with Gasteiger partial charge in [0.05, 0.1) is 5.69 Å². The lowest BCUT2D eigenvalue weighted by molar-refractivity contribution is 0.465. The van der Waals surface area contributed by atoms with Crippen molar-refractivity contribution in [2.24, 2.45) is 0 Å². The van der Waals surface area contributed by atoms with Gasteiger partial charge in [0.2, 0.25) is 0 Å². The minimum atomic E-state index is -0.0718. The van der Waals surface area contributed by atoms with E-state index in [1.165, 1.54) is 0 Å². The molecule has 0 unspecified atom stereocenters. The van der Waals surface area contributed by atoms with E-state index in [0.29, 0.717) is 0 Å². The van der Waals surface area contributed by atoms with E-state index in [-0.39, 0.29) is 6.71 Å². The van der Waals surface area contributed by atoms with Crippen molar-refractivity contribution < 1.29 is 9.47 Å². The van der Waals surface area contributed by atoms with E-state index in [9.17, 15) is 0 Å². The summed E-state index contributed by atoms with van der Waals surface area (Å²) in [5, 5.41) is 0. The van der Waals surface area contributed by atoms with Crippen molar-refractivity contribution in [3.05, 3.63) is 218 Å². The van der Waals surface area contributed by atoms with Gasteiger partial charge in [0.25, 0.3) is 6.71 Å². The highest BCUT2D eigenvalue weighted by Gasteiger charge is 2.41. The van der Waals surface area contributed by atoms with Crippen LogP contribution >= 0.6 is 0 Å². The van der Waals surface area contributed by atoms with Crippen LogP contribution in [0.3, 0.4) is 0 Å². The van der Waals surface area contributed by atoms with E-state index in [0.717, 1.165) is 101 Å². The zero-order valence-corrected chi connectivity index (χ0v) is 31.6. The molecule has 58 heavy (non-hydrogen) atoms. The van der Waals surface area contributed by atoms with Crippen LogP contribution in [0.4, 0.5) is 17.1 Å². The first kappa shape index (κ1) is 33.8. The molecule has 0 radical (unpaired) electrons. The molecule has 2 aliphatic heterocycles. The van der Waals surface area contributed by atoms with E-state index in [4.69, 9.17) is 9.47 Å². The van der Waals surface area contributed by atoms with Crippen LogP contribution in [0.2, 0.25) is 0 Å². The Labute approximate surface area is 339 Å². The smallest absolute Gasteiger partial charge is 0.260 e. The van der Waals surface area contributed by atoms with Crippen LogP contribution in [0, 0.1) is 0 Å². The van der Waals surface area contributed by atoms with Crippen LogP contribution in [0.5, 0.6) is 23.0 Å². The van der Waals surface area contributed by atoms with Gasteiger partial charge in [-0.3, -0.25) is 0 Å². The second-order valence-electron chi connectivity index (χ2n) is 14.9. The molecule has 0 N–H and O–H groups in total. The summed E-state index contributed by atoms with van der Waals surface area (Å²) in [4.78, 5) is 2.32. The molecule has 2 heterocycles. The van der Waals surface area contributed by atoms with Crippen LogP contribution in [0.1, 0.15) is 0 Å². The highest BCUT2D eigenvalue weighted by molar-refractivity contribution is 6.98. The zero-order valence-electron chi connectivity index (χ0n) is 31.6. The fraction of sp³-hybridized carbons (Fsp3) is 0. The molecule has 11 rings (SSSR count). The number of hydrogen-bond acceptors (Lipinski definition) is 3. The van der Waals surface area contributed by atoms with Crippen LogP contribution in [-0.2, 0) is 0 Å². The molecule has 0 spiro atoms. The standard InChI is InChI=1S/C54H36BNO2/c1-5-15-37(16-6-1)41-23-13-25-45(31-41)56(46-26-14-24-42(32-46)38-17-7-2-8-18-38)47-35-52-54-53(36-47)58-51-34-44(40-21-11-4-12-22-40)28-30-49(51)55(54)48-29-27-43(33-50(48)57-52)39-19-9-3-10-20-39/h1-36H. The van der Waals surface area contributed by atoms with Crippen molar-refractivity contribution in [1.29, 1.82) is 0 Å².